The lowest BCUT2D eigenvalue weighted by atomic mass is 10.0. The molecule has 0 saturated heterocycles. The van der Waals surface area contributed by atoms with Crippen LogP contribution < -0.4 is 5.32 Å². The lowest BCUT2D eigenvalue weighted by Crippen LogP contribution is -2.30. The average molecular weight is 592 g/mol. The molecule has 2 atom stereocenters. The van der Waals surface area contributed by atoms with E-state index in [-0.39, 0.29) is 43.5 Å². The minimum Gasteiger partial charge on any atom is -0.480 e. The number of furan rings is 1. The number of amides is 1. The number of carboxylic acid groups (broad SMARTS) is 1. The molecule has 2 aromatic heterocycles. The van der Waals surface area contributed by atoms with Crippen molar-refractivity contribution in [2.24, 2.45) is 0 Å². The van der Waals surface area contributed by atoms with E-state index in [0.29, 0.717) is 28.8 Å². The Labute approximate surface area is 235 Å². The Bertz CT molecular complexity index is 1550. The van der Waals surface area contributed by atoms with Gasteiger partial charge in [0.1, 0.15) is 5.76 Å². The van der Waals surface area contributed by atoms with Gasteiger partial charge in [0.15, 0.2) is 15.1 Å². The Balaban J connectivity index is 1.63. The van der Waals surface area contributed by atoms with Gasteiger partial charge in [0, 0.05) is 25.4 Å². The number of sulfone groups is 1. The number of benzene rings is 1. The number of hydrogen-bond acceptors (Lipinski definition) is 7. The van der Waals surface area contributed by atoms with Crippen molar-refractivity contribution < 1.29 is 36.3 Å². The highest BCUT2D eigenvalue weighted by atomic mass is 32.2. The normalized spacial score (nSPS) is 15.3. The maximum Gasteiger partial charge on any atom is 0.321 e. The van der Waals surface area contributed by atoms with Gasteiger partial charge in [-0.2, -0.15) is 4.31 Å². The zero-order valence-electron chi connectivity index (χ0n) is 22.5. The Hall–Kier alpha value is -3.13. The van der Waals surface area contributed by atoms with Gasteiger partial charge in [-0.25, -0.2) is 17.6 Å². The van der Waals surface area contributed by atoms with Crippen LogP contribution in [0.1, 0.15) is 65.2 Å². The van der Waals surface area contributed by atoms with Crippen LogP contribution in [0.15, 0.2) is 34.7 Å². The molecule has 1 amide bonds. The number of aromatic nitrogens is 1. The van der Waals surface area contributed by atoms with Crippen LogP contribution in [0.5, 0.6) is 0 Å². The van der Waals surface area contributed by atoms with Crippen molar-refractivity contribution in [3.8, 4) is 11.3 Å². The summed E-state index contributed by atoms with van der Waals surface area (Å²) in [5.41, 5.74) is 3.85. The number of rotatable bonds is 13. The third kappa shape index (κ3) is 6.77. The molecule has 2 unspecified atom stereocenters. The predicted molar refractivity (Wildman–Crippen MR) is 151 cm³/mol. The number of carbonyl (C=O) groups excluding carboxylic acids is 1. The second kappa shape index (κ2) is 12.2. The first kappa shape index (κ1) is 29.8. The summed E-state index contributed by atoms with van der Waals surface area (Å²) in [4.78, 5) is 29.0. The highest BCUT2D eigenvalue weighted by Gasteiger charge is 2.32. The lowest BCUT2D eigenvalue weighted by molar-refractivity contribution is -0.136. The standard InChI is InChI=1S/C27H33N3O8S2/c1-16-7-9-18(10-8-16)24-23(25(31)28-2)20-14-19(17-11-12-17)21(29-26(20)38-24)15-30(39(34)35)13-5-4-6-22(27(32)33)40(3,36)37/h7-10,14,17,22H,4-6,11-13,15H2,1-3H3,(H,28,31)(H,32,33)(H,34,35). The first-order valence-corrected chi connectivity index (χ1v) is 16.0. The van der Waals surface area contributed by atoms with Gasteiger partial charge in [-0.15, -0.1) is 0 Å². The summed E-state index contributed by atoms with van der Waals surface area (Å²) in [6.45, 7) is 2.11. The van der Waals surface area contributed by atoms with E-state index in [4.69, 9.17) is 9.40 Å². The van der Waals surface area contributed by atoms with Crippen LogP contribution in [0.2, 0.25) is 0 Å². The van der Waals surface area contributed by atoms with Crippen molar-refractivity contribution in [3.63, 3.8) is 0 Å². The Morgan fingerprint density at radius 2 is 1.90 bits per heavy atom. The summed E-state index contributed by atoms with van der Waals surface area (Å²) in [6.07, 6.45) is 3.22. The van der Waals surface area contributed by atoms with Crippen LogP contribution in [0.3, 0.4) is 0 Å². The SMILES string of the molecule is CNC(=O)c1c(-c2ccc(C)cc2)oc2nc(CN(CCCCC(C(=O)O)S(C)(=O)=O)S(=O)O)c(C3CC3)cc12. The second-order valence-corrected chi connectivity index (χ2v) is 13.4. The molecule has 13 heteroatoms. The van der Waals surface area contributed by atoms with Gasteiger partial charge in [-0.3, -0.25) is 14.1 Å². The van der Waals surface area contributed by atoms with Crippen LogP contribution in [0.4, 0.5) is 0 Å². The number of hydrogen-bond donors (Lipinski definition) is 3. The molecule has 0 spiro atoms. The van der Waals surface area contributed by atoms with Gasteiger partial charge in [-0.1, -0.05) is 36.2 Å². The Morgan fingerprint density at radius 3 is 2.45 bits per heavy atom. The van der Waals surface area contributed by atoms with Crippen molar-refractivity contribution in [1.29, 1.82) is 0 Å². The third-order valence-corrected chi connectivity index (χ3v) is 9.27. The highest BCUT2D eigenvalue weighted by Crippen LogP contribution is 2.44. The van der Waals surface area contributed by atoms with Gasteiger partial charge in [0.05, 0.1) is 23.2 Å². The average Bonchev–Trinajstić information content (AvgIpc) is 3.66. The third-order valence-electron chi connectivity index (χ3n) is 7.04. The van der Waals surface area contributed by atoms with E-state index in [0.717, 1.165) is 35.8 Å². The van der Waals surface area contributed by atoms with Gasteiger partial charge in [-0.05, 0) is 50.2 Å². The Morgan fingerprint density at radius 1 is 1.23 bits per heavy atom. The number of nitrogens with one attached hydrogen (secondary N) is 1. The minimum absolute atomic E-state index is 0.0230. The molecule has 3 N–H and O–H groups in total. The number of carbonyl (C=O) groups is 2. The molecular weight excluding hydrogens is 558 g/mol. The fourth-order valence-electron chi connectivity index (χ4n) is 4.73. The van der Waals surface area contributed by atoms with Crippen molar-refractivity contribution in [1.82, 2.24) is 14.6 Å². The molecule has 1 aromatic carbocycles. The minimum atomic E-state index is -3.76. The molecule has 0 bridgehead atoms. The van der Waals surface area contributed by atoms with E-state index in [1.54, 1.807) is 7.05 Å². The summed E-state index contributed by atoms with van der Waals surface area (Å²) < 4.78 is 53.1. The van der Waals surface area contributed by atoms with Crippen LogP contribution >= 0.6 is 0 Å². The van der Waals surface area contributed by atoms with Crippen LogP contribution in [-0.4, -0.2) is 68.5 Å². The molecule has 40 heavy (non-hydrogen) atoms. The first-order valence-electron chi connectivity index (χ1n) is 12.9. The topological polar surface area (TPSA) is 167 Å². The van der Waals surface area contributed by atoms with Crippen LogP contribution in [-0.2, 0) is 32.4 Å². The molecule has 1 saturated carbocycles. The molecule has 1 aliphatic rings. The van der Waals surface area contributed by atoms with E-state index in [1.165, 1.54) is 4.31 Å². The molecule has 2 heterocycles. The van der Waals surface area contributed by atoms with Gasteiger partial charge < -0.3 is 14.8 Å². The van der Waals surface area contributed by atoms with Gasteiger partial charge in [0.2, 0.25) is 17.0 Å². The van der Waals surface area contributed by atoms with E-state index in [2.05, 4.69) is 5.32 Å². The number of unbranched alkanes of at least 4 members (excludes halogenated alkanes) is 1. The monoisotopic (exact) mass is 591 g/mol. The quantitative estimate of drug-likeness (QED) is 0.199. The van der Waals surface area contributed by atoms with Gasteiger partial charge in [0.25, 0.3) is 5.91 Å². The zero-order chi connectivity index (χ0) is 29.2. The molecule has 216 valence electrons. The predicted octanol–water partition coefficient (Wildman–Crippen LogP) is 3.65. The Kier molecular flexibility index (Phi) is 9.08. The number of aryl methyl sites for hydroxylation is 1. The summed E-state index contributed by atoms with van der Waals surface area (Å²) in [5.74, 6) is -1.11. The fourth-order valence-corrected chi connectivity index (χ4v) is 6.20. The van der Waals surface area contributed by atoms with E-state index in [9.17, 15) is 31.9 Å². The largest absolute Gasteiger partial charge is 0.480 e. The molecule has 1 fully saturated rings. The van der Waals surface area contributed by atoms with Crippen molar-refractivity contribution >= 4 is 44.1 Å². The molecule has 4 rings (SSSR count). The second-order valence-electron chi connectivity index (χ2n) is 10.1. The first-order chi connectivity index (χ1) is 18.9. The van der Waals surface area contributed by atoms with E-state index in [1.807, 2.05) is 37.3 Å². The van der Waals surface area contributed by atoms with Crippen molar-refractivity contribution in [2.75, 3.05) is 19.8 Å². The molecule has 0 radical (unpaired) electrons. The fraction of sp³-hybridized carbons (Fsp3) is 0.444. The number of nitrogens with zero attached hydrogens (tertiary/aromatic N) is 2. The highest BCUT2D eigenvalue weighted by molar-refractivity contribution is 7.92. The van der Waals surface area contributed by atoms with Crippen molar-refractivity contribution in [2.45, 2.75) is 56.7 Å². The number of carboxylic acids is 1. The lowest BCUT2D eigenvalue weighted by Gasteiger charge is -2.19. The van der Waals surface area contributed by atoms with E-state index < -0.39 is 32.3 Å². The summed E-state index contributed by atoms with van der Waals surface area (Å²) in [6, 6.07) is 9.49. The smallest absolute Gasteiger partial charge is 0.321 e. The van der Waals surface area contributed by atoms with Crippen LogP contribution in [0, 0.1) is 6.92 Å². The molecular formula is C27H33N3O8S2. The number of aliphatic carboxylic acids is 1. The number of fused-ring (bicyclic) bond motifs is 1. The molecule has 1 aliphatic carbocycles. The maximum atomic E-state index is 12.9. The number of pyridine rings is 1. The summed E-state index contributed by atoms with van der Waals surface area (Å²) in [5, 5.41) is 10.9. The molecule has 3 aromatic rings. The summed E-state index contributed by atoms with van der Waals surface area (Å²) >= 11 is -2.35. The zero-order valence-corrected chi connectivity index (χ0v) is 24.2. The summed E-state index contributed by atoms with van der Waals surface area (Å²) in [7, 11) is -2.21. The molecule has 0 aliphatic heterocycles. The van der Waals surface area contributed by atoms with Crippen molar-refractivity contribution in [3.05, 3.63) is 52.7 Å². The van der Waals surface area contributed by atoms with Gasteiger partial charge >= 0.3 is 5.97 Å². The van der Waals surface area contributed by atoms with E-state index >= 15 is 0 Å². The molecule has 11 nitrogen and oxygen atoms in total. The maximum absolute atomic E-state index is 12.9. The van der Waals surface area contributed by atoms with Crippen LogP contribution in [0.25, 0.3) is 22.4 Å².